The molecule has 0 unspecified atom stereocenters. The third kappa shape index (κ3) is 2.50. The summed E-state index contributed by atoms with van der Waals surface area (Å²) in [6, 6.07) is 24.8. The molecular formula is C22H14BrN3. The number of nitrogens with one attached hydrogen (secondary N) is 1. The first-order valence-electron chi connectivity index (χ1n) is 8.38. The van der Waals surface area contributed by atoms with Crippen LogP contribution in [0.25, 0.3) is 44.5 Å². The van der Waals surface area contributed by atoms with Crippen molar-refractivity contribution in [3.8, 4) is 22.5 Å². The van der Waals surface area contributed by atoms with Gasteiger partial charge in [0, 0.05) is 15.4 Å². The number of fused-ring (bicyclic) bond motifs is 3. The Morgan fingerprint density at radius 3 is 2.42 bits per heavy atom. The van der Waals surface area contributed by atoms with E-state index in [2.05, 4.69) is 74.4 Å². The van der Waals surface area contributed by atoms with E-state index >= 15 is 0 Å². The van der Waals surface area contributed by atoms with Crippen molar-refractivity contribution in [2.45, 2.75) is 0 Å². The van der Waals surface area contributed by atoms with Crippen LogP contribution >= 0.6 is 15.9 Å². The van der Waals surface area contributed by atoms with Crippen LogP contribution in [0.2, 0.25) is 0 Å². The van der Waals surface area contributed by atoms with Crippen molar-refractivity contribution >= 4 is 37.9 Å². The van der Waals surface area contributed by atoms with Gasteiger partial charge in [0.15, 0.2) is 0 Å². The lowest BCUT2D eigenvalue weighted by Gasteiger charge is -2.07. The number of nitrogens with zero attached hydrogens (tertiary/aromatic N) is 2. The maximum atomic E-state index is 4.92. The predicted molar refractivity (Wildman–Crippen MR) is 110 cm³/mol. The highest BCUT2D eigenvalue weighted by atomic mass is 79.9. The number of halogens is 1. The molecule has 0 fully saturated rings. The molecule has 0 saturated carbocycles. The topological polar surface area (TPSA) is 41.6 Å². The summed E-state index contributed by atoms with van der Waals surface area (Å²) in [6.07, 6.45) is 1.85. The molecule has 0 aliphatic rings. The number of imidazole rings is 1. The van der Waals surface area contributed by atoms with Gasteiger partial charge in [-0.15, -0.1) is 0 Å². The molecule has 3 aromatic carbocycles. The van der Waals surface area contributed by atoms with Gasteiger partial charge in [0.25, 0.3) is 0 Å². The number of H-pyrrole nitrogens is 1. The normalized spacial score (nSPS) is 11.3. The maximum Gasteiger partial charge on any atom is 0.139 e. The highest BCUT2D eigenvalue weighted by Gasteiger charge is 2.13. The van der Waals surface area contributed by atoms with E-state index in [1.54, 1.807) is 0 Å². The summed E-state index contributed by atoms with van der Waals surface area (Å²) in [5.74, 6) is 0.858. The van der Waals surface area contributed by atoms with Gasteiger partial charge in [-0.2, -0.15) is 0 Å². The van der Waals surface area contributed by atoms with Crippen LogP contribution in [0, 0.1) is 0 Å². The van der Waals surface area contributed by atoms with Crippen molar-refractivity contribution in [2.24, 2.45) is 0 Å². The average molecular weight is 400 g/mol. The number of pyridine rings is 1. The molecule has 0 aliphatic heterocycles. The molecule has 124 valence electrons. The highest BCUT2D eigenvalue weighted by Crippen LogP contribution is 2.33. The molecule has 2 heterocycles. The fourth-order valence-electron chi connectivity index (χ4n) is 3.32. The fraction of sp³-hybridized carbons (Fsp3) is 0. The average Bonchev–Trinajstić information content (AvgIpc) is 3.13. The zero-order chi connectivity index (χ0) is 17.5. The molecule has 3 nitrogen and oxygen atoms in total. The Morgan fingerprint density at radius 2 is 1.58 bits per heavy atom. The lowest BCUT2D eigenvalue weighted by atomic mass is 9.99. The van der Waals surface area contributed by atoms with E-state index in [9.17, 15) is 0 Å². The molecule has 0 amide bonds. The summed E-state index contributed by atoms with van der Waals surface area (Å²) >= 11 is 3.51. The summed E-state index contributed by atoms with van der Waals surface area (Å²) in [6.45, 7) is 0. The van der Waals surface area contributed by atoms with Gasteiger partial charge in [-0.05, 0) is 29.3 Å². The molecule has 0 saturated heterocycles. The first-order chi connectivity index (χ1) is 12.8. The van der Waals surface area contributed by atoms with Crippen LogP contribution in [-0.4, -0.2) is 15.0 Å². The van der Waals surface area contributed by atoms with Crippen LogP contribution in [0.1, 0.15) is 0 Å². The van der Waals surface area contributed by atoms with Crippen molar-refractivity contribution in [2.75, 3.05) is 0 Å². The first kappa shape index (κ1) is 15.3. The van der Waals surface area contributed by atoms with Gasteiger partial charge in [-0.25, -0.2) is 4.98 Å². The molecule has 0 atom stereocenters. The Hall–Kier alpha value is -2.98. The van der Waals surface area contributed by atoms with E-state index in [0.717, 1.165) is 43.4 Å². The molecule has 0 aliphatic carbocycles. The minimum Gasteiger partial charge on any atom is -0.337 e. The third-order valence-electron chi connectivity index (χ3n) is 4.55. The van der Waals surface area contributed by atoms with Gasteiger partial charge in [0.05, 0.1) is 22.7 Å². The molecule has 26 heavy (non-hydrogen) atoms. The van der Waals surface area contributed by atoms with E-state index in [-0.39, 0.29) is 0 Å². The number of hydrogen-bond donors (Lipinski definition) is 1. The van der Waals surface area contributed by atoms with Crippen molar-refractivity contribution in [3.05, 3.63) is 83.5 Å². The first-order valence-corrected chi connectivity index (χ1v) is 9.18. The highest BCUT2D eigenvalue weighted by molar-refractivity contribution is 9.10. The minimum absolute atomic E-state index is 0.858. The third-order valence-corrected chi connectivity index (χ3v) is 5.04. The second-order valence-corrected chi connectivity index (χ2v) is 7.09. The Balaban J connectivity index is 1.75. The summed E-state index contributed by atoms with van der Waals surface area (Å²) in [5.41, 5.74) is 6.24. The van der Waals surface area contributed by atoms with Crippen LogP contribution in [0.5, 0.6) is 0 Å². The van der Waals surface area contributed by atoms with Gasteiger partial charge >= 0.3 is 0 Å². The summed E-state index contributed by atoms with van der Waals surface area (Å²) in [4.78, 5) is 12.9. The molecule has 2 aromatic heterocycles. The van der Waals surface area contributed by atoms with Crippen LogP contribution in [0.15, 0.2) is 83.5 Å². The van der Waals surface area contributed by atoms with E-state index in [4.69, 9.17) is 4.98 Å². The summed E-state index contributed by atoms with van der Waals surface area (Å²) in [5, 5.41) is 1.05. The van der Waals surface area contributed by atoms with Gasteiger partial charge < -0.3 is 4.98 Å². The molecule has 4 heteroatoms. The SMILES string of the molecule is Brc1ccc2c(c1)ncc1[nH]c(-c3ccccc3-c3ccccc3)nc12. The predicted octanol–water partition coefficient (Wildman–Crippen LogP) is 6.21. The molecule has 5 aromatic rings. The van der Waals surface area contributed by atoms with Gasteiger partial charge in [-0.1, -0.05) is 70.5 Å². The Morgan fingerprint density at radius 1 is 0.808 bits per heavy atom. The molecule has 0 spiro atoms. The quantitative estimate of drug-likeness (QED) is 0.383. The van der Waals surface area contributed by atoms with Gasteiger partial charge in [-0.3, -0.25) is 4.98 Å². The standard InChI is InChI=1S/C22H14BrN3/c23-15-10-11-18-19(12-15)24-13-20-21(18)26-22(25-20)17-9-5-4-8-16(17)14-6-2-1-3-7-14/h1-13H,(H,25,26). The van der Waals surface area contributed by atoms with E-state index in [1.165, 1.54) is 5.56 Å². The second-order valence-electron chi connectivity index (χ2n) is 6.18. The van der Waals surface area contributed by atoms with Crippen LogP contribution in [0.4, 0.5) is 0 Å². The Bertz CT molecular complexity index is 1240. The summed E-state index contributed by atoms with van der Waals surface area (Å²) < 4.78 is 1.02. The van der Waals surface area contributed by atoms with Crippen LogP contribution in [-0.2, 0) is 0 Å². The van der Waals surface area contributed by atoms with Crippen LogP contribution < -0.4 is 0 Å². The molecule has 0 bridgehead atoms. The number of aromatic nitrogens is 3. The second kappa shape index (κ2) is 6.07. The zero-order valence-electron chi connectivity index (χ0n) is 13.8. The lowest BCUT2D eigenvalue weighted by molar-refractivity contribution is 1.33. The smallest absolute Gasteiger partial charge is 0.139 e. The minimum atomic E-state index is 0.858. The monoisotopic (exact) mass is 399 g/mol. The Labute approximate surface area is 158 Å². The lowest BCUT2D eigenvalue weighted by Crippen LogP contribution is -1.86. The molecule has 1 N–H and O–H groups in total. The van der Waals surface area contributed by atoms with E-state index in [1.807, 2.05) is 30.5 Å². The van der Waals surface area contributed by atoms with Gasteiger partial charge in [0.1, 0.15) is 5.82 Å². The van der Waals surface area contributed by atoms with Crippen molar-refractivity contribution < 1.29 is 0 Å². The molecule has 0 radical (unpaired) electrons. The molecular weight excluding hydrogens is 386 g/mol. The van der Waals surface area contributed by atoms with E-state index in [0.29, 0.717) is 0 Å². The largest absolute Gasteiger partial charge is 0.337 e. The summed E-state index contributed by atoms with van der Waals surface area (Å²) in [7, 11) is 0. The van der Waals surface area contributed by atoms with Crippen molar-refractivity contribution in [3.63, 3.8) is 0 Å². The van der Waals surface area contributed by atoms with Crippen LogP contribution in [0.3, 0.4) is 0 Å². The fourth-order valence-corrected chi connectivity index (χ4v) is 3.67. The number of hydrogen-bond acceptors (Lipinski definition) is 2. The number of benzene rings is 3. The van der Waals surface area contributed by atoms with Crippen molar-refractivity contribution in [1.82, 2.24) is 15.0 Å². The van der Waals surface area contributed by atoms with Gasteiger partial charge in [0.2, 0.25) is 0 Å². The number of rotatable bonds is 2. The number of aromatic amines is 1. The van der Waals surface area contributed by atoms with Crippen molar-refractivity contribution in [1.29, 1.82) is 0 Å². The zero-order valence-corrected chi connectivity index (χ0v) is 15.4. The van der Waals surface area contributed by atoms with E-state index < -0.39 is 0 Å². The Kier molecular flexibility index (Phi) is 3.57. The maximum absolute atomic E-state index is 4.92. The molecule has 5 rings (SSSR count).